The smallest absolute Gasteiger partial charge is 0.275 e. The summed E-state index contributed by atoms with van der Waals surface area (Å²) in [5.41, 5.74) is 3.81. The molecule has 2 N–H and O–H groups in total. The summed E-state index contributed by atoms with van der Waals surface area (Å²) >= 11 is 11.8. The molecule has 0 radical (unpaired) electrons. The third kappa shape index (κ3) is 5.20. The average molecular weight is 380 g/mol. The fourth-order valence-corrected chi connectivity index (χ4v) is 2.44. The number of hydrogen-bond acceptors (Lipinski definition) is 4. The van der Waals surface area contributed by atoms with Gasteiger partial charge >= 0.3 is 0 Å². The van der Waals surface area contributed by atoms with Crippen LogP contribution in [-0.2, 0) is 4.79 Å². The Morgan fingerprint density at radius 3 is 2.56 bits per heavy atom. The van der Waals surface area contributed by atoms with Gasteiger partial charge in [0, 0.05) is 29.3 Å². The number of anilines is 1. The Hall–Kier alpha value is -2.57. The topological polar surface area (TPSA) is 79.8 Å². The maximum atomic E-state index is 12.2. The molecule has 0 saturated carbocycles. The minimum absolute atomic E-state index is 0.219. The van der Waals surface area contributed by atoms with Crippen molar-refractivity contribution >= 4 is 46.9 Å². The SMILES string of the molecule is COc1cc(NC(C)=O)ccc1C(=O)NN=Cc1ccc(Cl)cc1Cl. The molecule has 0 aliphatic heterocycles. The number of hydrazone groups is 1. The quantitative estimate of drug-likeness (QED) is 0.613. The Kier molecular flexibility index (Phi) is 6.38. The Bertz CT molecular complexity index is 838. The Balaban J connectivity index is 2.12. The van der Waals surface area contributed by atoms with Gasteiger partial charge in [-0.2, -0.15) is 5.10 Å². The fraction of sp³-hybridized carbons (Fsp3) is 0.118. The number of nitrogens with zero attached hydrogens (tertiary/aromatic N) is 1. The molecule has 0 spiro atoms. The van der Waals surface area contributed by atoms with Crippen LogP contribution < -0.4 is 15.5 Å². The molecular formula is C17H15Cl2N3O3. The molecular weight excluding hydrogens is 365 g/mol. The van der Waals surface area contributed by atoms with Crippen LogP contribution in [0.4, 0.5) is 5.69 Å². The third-order valence-corrected chi connectivity index (χ3v) is 3.66. The van der Waals surface area contributed by atoms with Crippen molar-refractivity contribution in [3.05, 3.63) is 57.6 Å². The molecule has 2 rings (SSSR count). The number of methoxy groups -OCH3 is 1. The standard InChI is InChI=1S/C17H15Cl2N3O3/c1-10(23)21-13-5-6-14(16(8-13)25-2)17(24)22-20-9-11-3-4-12(18)7-15(11)19/h3-9H,1-2H3,(H,21,23)(H,22,24). The molecule has 0 fully saturated rings. The van der Waals surface area contributed by atoms with E-state index in [2.05, 4.69) is 15.8 Å². The van der Waals surface area contributed by atoms with Crippen molar-refractivity contribution in [2.24, 2.45) is 5.10 Å². The van der Waals surface area contributed by atoms with Gasteiger partial charge in [-0.1, -0.05) is 29.3 Å². The zero-order valence-corrected chi connectivity index (χ0v) is 15.0. The van der Waals surface area contributed by atoms with Gasteiger partial charge in [-0.15, -0.1) is 0 Å². The lowest BCUT2D eigenvalue weighted by Gasteiger charge is -2.09. The second-order valence-corrected chi connectivity index (χ2v) is 5.80. The van der Waals surface area contributed by atoms with Crippen LogP contribution in [0.25, 0.3) is 0 Å². The summed E-state index contributed by atoms with van der Waals surface area (Å²) in [6.45, 7) is 1.39. The van der Waals surface area contributed by atoms with Crippen molar-refractivity contribution in [2.75, 3.05) is 12.4 Å². The number of carbonyl (C=O) groups excluding carboxylic acids is 2. The second kappa shape index (κ2) is 8.50. The van der Waals surface area contributed by atoms with Gasteiger partial charge in [-0.3, -0.25) is 9.59 Å². The number of benzene rings is 2. The summed E-state index contributed by atoms with van der Waals surface area (Å²) in [7, 11) is 1.43. The maximum Gasteiger partial charge on any atom is 0.275 e. The van der Waals surface area contributed by atoms with Crippen LogP contribution in [0.3, 0.4) is 0 Å². The average Bonchev–Trinajstić information content (AvgIpc) is 2.56. The molecule has 130 valence electrons. The van der Waals surface area contributed by atoms with E-state index in [0.717, 1.165) is 0 Å². The molecule has 2 aromatic rings. The van der Waals surface area contributed by atoms with Gasteiger partial charge in [0.05, 0.1) is 23.9 Å². The van der Waals surface area contributed by atoms with Crippen LogP contribution in [0, 0.1) is 0 Å². The van der Waals surface area contributed by atoms with Crippen molar-refractivity contribution in [3.63, 3.8) is 0 Å². The Labute approximate surface area is 154 Å². The van der Waals surface area contributed by atoms with Gasteiger partial charge in [0.1, 0.15) is 5.75 Å². The molecule has 0 saturated heterocycles. The minimum atomic E-state index is -0.465. The van der Waals surface area contributed by atoms with E-state index >= 15 is 0 Å². The lowest BCUT2D eigenvalue weighted by molar-refractivity contribution is -0.114. The van der Waals surface area contributed by atoms with Crippen LogP contribution in [0.2, 0.25) is 10.0 Å². The van der Waals surface area contributed by atoms with Crippen LogP contribution >= 0.6 is 23.2 Å². The highest BCUT2D eigenvalue weighted by Crippen LogP contribution is 2.23. The largest absolute Gasteiger partial charge is 0.496 e. The van der Waals surface area contributed by atoms with E-state index in [0.29, 0.717) is 27.0 Å². The number of hydrogen-bond donors (Lipinski definition) is 2. The van der Waals surface area contributed by atoms with Crippen LogP contribution in [0.15, 0.2) is 41.5 Å². The van der Waals surface area contributed by atoms with Crippen LogP contribution in [-0.4, -0.2) is 25.1 Å². The van der Waals surface area contributed by atoms with Crippen molar-refractivity contribution in [1.29, 1.82) is 0 Å². The lowest BCUT2D eigenvalue weighted by Crippen LogP contribution is -2.18. The zero-order chi connectivity index (χ0) is 18.4. The van der Waals surface area contributed by atoms with E-state index in [1.54, 1.807) is 30.3 Å². The van der Waals surface area contributed by atoms with Crippen molar-refractivity contribution in [1.82, 2.24) is 5.43 Å². The second-order valence-electron chi connectivity index (χ2n) is 4.96. The monoisotopic (exact) mass is 379 g/mol. The highest BCUT2D eigenvalue weighted by atomic mass is 35.5. The zero-order valence-electron chi connectivity index (χ0n) is 13.5. The summed E-state index contributed by atoms with van der Waals surface area (Å²) in [5.74, 6) is -0.375. The number of amides is 2. The summed E-state index contributed by atoms with van der Waals surface area (Å²) in [6.07, 6.45) is 1.41. The molecule has 0 aromatic heterocycles. The number of nitrogens with one attached hydrogen (secondary N) is 2. The van der Waals surface area contributed by atoms with E-state index < -0.39 is 5.91 Å². The summed E-state index contributed by atoms with van der Waals surface area (Å²) in [6, 6.07) is 9.61. The van der Waals surface area contributed by atoms with Gasteiger partial charge in [-0.05, 0) is 24.3 Å². The molecule has 0 aliphatic rings. The van der Waals surface area contributed by atoms with E-state index in [1.807, 2.05) is 0 Å². The molecule has 0 atom stereocenters. The molecule has 2 aromatic carbocycles. The lowest BCUT2D eigenvalue weighted by atomic mass is 10.1. The van der Waals surface area contributed by atoms with Crippen molar-refractivity contribution < 1.29 is 14.3 Å². The Morgan fingerprint density at radius 2 is 1.92 bits per heavy atom. The van der Waals surface area contributed by atoms with E-state index in [1.165, 1.54) is 26.3 Å². The molecule has 2 amide bonds. The van der Waals surface area contributed by atoms with E-state index in [-0.39, 0.29) is 11.5 Å². The molecule has 8 heteroatoms. The summed E-state index contributed by atoms with van der Waals surface area (Å²) in [4.78, 5) is 23.3. The van der Waals surface area contributed by atoms with Crippen LogP contribution in [0.5, 0.6) is 5.75 Å². The van der Waals surface area contributed by atoms with Gasteiger partial charge in [-0.25, -0.2) is 5.43 Å². The van der Waals surface area contributed by atoms with E-state index in [9.17, 15) is 9.59 Å². The van der Waals surface area contributed by atoms with Gasteiger partial charge in [0.25, 0.3) is 5.91 Å². The van der Waals surface area contributed by atoms with Crippen LogP contribution in [0.1, 0.15) is 22.8 Å². The number of halogens is 2. The predicted molar refractivity (Wildman–Crippen MR) is 98.8 cm³/mol. The summed E-state index contributed by atoms with van der Waals surface area (Å²) in [5, 5.41) is 7.42. The summed E-state index contributed by atoms with van der Waals surface area (Å²) < 4.78 is 5.19. The first-order valence-corrected chi connectivity index (χ1v) is 7.90. The minimum Gasteiger partial charge on any atom is -0.496 e. The number of rotatable bonds is 5. The first-order chi connectivity index (χ1) is 11.9. The molecule has 0 heterocycles. The highest BCUT2D eigenvalue weighted by Gasteiger charge is 2.12. The van der Waals surface area contributed by atoms with Gasteiger partial charge in [0.2, 0.25) is 5.91 Å². The van der Waals surface area contributed by atoms with Gasteiger partial charge in [0.15, 0.2) is 0 Å². The molecule has 0 aliphatic carbocycles. The first kappa shape index (κ1) is 18.8. The molecule has 0 bridgehead atoms. The number of ether oxygens (including phenoxy) is 1. The normalized spacial score (nSPS) is 10.6. The first-order valence-electron chi connectivity index (χ1n) is 7.15. The predicted octanol–water partition coefficient (Wildman–Crippen LogP) is 3.72. The van der Waals surface area contributed by atoms with Crippen molar-refractivity contribution in [2.45, 2.75) is 6.92 Å². The number of carbonyl (C=O) groups is 2. The van der Waals surface area contributed by atoms with Crippen molar-refractivity contribution in [3.8, 4) is 5.75 Å². The van der Waals surface area contributed by atoms with E-state index in [4.69, 9.17) is 27.9 Å². The Morgan fingerprint density at radius 1 is 1.16 bits per heavy atom. The van der Waals surface area contributed by atoms with Gasteiger partial charge < -0.3 is 10.1 Å². The maximum absolute atomic E-state index is 12.2. The highest BCUT2D eigenvalue weighted by molar-refractivity contribution is 6.36. The molecule has 6 nitrogen and oxygen atoms in total. The third-order valence-electron chi connectivity index (χ3n) is 3.10. The fourth-order valence-electron chi connectivity index (χ4n) is 1.99. The molecule has 0 unspecified atom stereocenters. The molecule has 25 heavy (non-hydrogen) atoms.